The van der Waals surface area contributed by atoms with Crippen LogP contribution in [0.5, 0.6) is 0 Å². The highest BCUT2D eigenvalue weighted by Crippen LogP contribution is 2.15. The van der Waals surface area contributed by atoms with Crippen LogP contribution in [0, 0.1) is 0 Å². The van der Waals surface area contributed by atoms with Gasteiger partial charge in [-0.25, -0.2) is 0 Å². The van der Waals surface area contributed by atoms with Crippen LogP contribution >= 0.6 is 24.8 Å². The number of aliphatic imine (C=N–C) groups is 2. The summed E-state index contributed by atoms with van der Waals surface area (Å²) in [6.07, 6.45) is 0. The van der Waals surface area contributed by atoms with Gasteiger partial charge in [-0.05, 0) is 39.5 Å². The maximum Gasteiger partial charge on any atom is 0.104 e. The van der Waals surface area contributed by atoms with Gasteiger partial charge in [0.2, 0.25) is 0 Å². The van der Waals surface area contributed by atoms with Crippen molar-refractivity contribution >= 4 is 36.6 Å². The predicted octanol–water partition coefficient (Wildman–Crippen LogP) is 3.46. The fraction of sp³-hybridized carbons (Fsp3) is 0.500. The number of quaternary nitrogens is 2. The minimum Gasteiger partial charge on any atom is -0.858 e. The molecule has 6 nitrogen and oxygen atoms in total. The number of benzene rings is 2. The van der Waals surface area contributed by atoms with Crippen LogP contribution in [0.3, 0.4) is 0 Å². The van der Waals surface area contributed by atoms with Crippen molar-refractivity contribution in [3.8, 4) is 0 Å². The number of nitrogens with zero attached hydrogens (tertiary/aromatic N) is 4. The molecular weight excluding hydrogens is 495 g/mol. The number of hydrogen-bond donors (Lipinski definition) is 0. The summed E-state index contributed by atoms with van der Waals surface area (Å²) in [5.74, 6) is -1.45. The summed E-state index contributed by atoms with van der Waals surface area (Å²) in [7, 11) is 0. The Morgan fingerprint density at radius 1 is 0.583 bits per heavy atom. The zero-order valence-electron chi connectivity index (χ0n) is 22.3. The molecule has 0 aliphatic rings. The Bertz CT molecular complexity index is 825. The molecule has 0 unspecified atom stereocenters. The van der Waals surface area contributed by atoms with E-state index >= 15 is 0 Å². The van der Waals surface area contributed by atoms with E-state index in [2.05, 4.69) is 61.9 Å². The minimum atomic E-state index is -0.723. The van der Waals surface area contributed by atoms with Crippen LogP contribution in [0.25, 0.3) is 0 Å². The molecule has 0 saturated carbocycles. The van der Waals surface area contributed by atoms with E-state index < -0.39 is 11.8 Å². The molecule has 8 heteroatoms. The highest BCUT2D eigenvalue weighted by atomic mass is 35.5. The van der Waals surface area contributed by atoms with Gasteiger partial charge in [0.1, 0.15) is 13.1 Å². The third-order valence-corrected chi connectivity index (χ3v) is 7.25. The van der Waals surface area contributed by atoms with Gasteiger partial charge in [-0.3, -0.25) is 9.98 Å². The lowest BCUT2D eigenvalue weighted by atomic mass is 10.1. The van der Waals surface area contributed by atoms with Crippen LogP contribution in [0.15, 0.2) is 70.6 Å². The molecule has 0 saturated heterocycles. The quantitative estimate of drug-likeness (QED) is 0.210. The molecular formula is C28H44Cl2N4O2. The lowest BCUT2D eigenvalue weighted by Gasteiger charge is -2.37. The van der Waals surface area contributed by atoms with Crippen LogP contribution in [-0.2, 0) is 13.1 Å². The maximum absolute atomic E-state index is 12.3. The molecule has 0 spiro atoms. The van der Waals surface area contributed by atoms with Crippen molar-refractivity contribution in [2.45, 2.75) is 40.8 Å². The Kier molecular flexibility index (Phi) is 16.3. The molecule has 0 radical (unpaired) electrons. The van der Waals surface area contributed by atoms with E-state index in [1.165, 1.54) is 11.1 Å². The Balaban J connectivity index is 0.00000612. The lowest BCUT2D eigenvalue weighted by Crippen LogP contribution is -2.49. The molecule has 0 aliphatic heterocycles. The molecule has 0 amide bonds. The first-order valence-electron chi connectivity index (χ1n) is 12.6. The minimum absolute atomic E-state index is 0. The summed E-state index contributed by atoms with van der Waals surface area (Å²) in [5.41, 5.74) is 2.54. The summed E-state index contributed by atoms with van der Waals surface area (Å²) in [6.45, 7) is 16.4. The van der Waals surface area contributed by atoms with Crippen LogP contribution in [0.1, 0.15) is 38.8 Å². The molecule has 2 aromatic carbocycles. The highest BCUT2D eigenvalue weighted by Gasteiger charge is 2.24. The summed E-state index contributed by atoms with van der Waals surface area (Å²) in [4.78, 5) is 8.13. The zero-order valence-corrected chi connectivity index (χ0v) is 23.9. The van der Waals surface area contributed by atoms with Gasteiger partial charge >= 0.3 is 0 Å². The molecule has 36 heavy (non-hydrogen) atoms. The van der Waals surface area contributed by atoms with Crippen LogP contribution in [0.4, 0.5) is 0 Å². The SMILES string of the molecule is CC[N+](CC)(CCN=C([O-])C([O-])=NCC[N+](CC)(CC)Cc1ccccc1)Cc1ccccc1.Cl.Cl. The van der Waals surface area contributed by atoms with E-state index in [9.17, 15) is 10.2 Å². The van der Waals surface area contributed by atoms with Gasteiger partial charge in [-0.15, -0.1) is 24.8 Å². The Hall–Kier alpha value is -2.12. The van der Waals surface area contributed by atoms with Crippen molar-refractivity contribution < 1.29 is 19.2 Å². The van der Waals surface area contributed by atoms with Crippen molar-refractivity contribution in [2.75, 3.05) is 52.4 Å². The van der Waals surface area contributed by atoms with Gasteiger partial charge in [0, 0.05) is 11.1 Å². The van der Waals surface area contributed by atoms with Crippen LogP contribution in [-0.4, -0.2) is 73.1 Å². The van der Waals surface area contributed by atoms with E-state index in [-0.39, 0.29) is 24.8 Å². The predicted molar refractivity (Wildman–Crippen MR) is 152 cm³/mol. The number of hydrogen-bond acceptors (Lipinski definition) is 4. The fourth-order valence-corrected chi connectivity index (χ4v) is 4.49. The summed E-state index contributed by atoms with van der Waals surface area (Å²) in [6, 6.07) is 20.8. The van der Waals surface area contributed by atoms with Crippen molar-refractivity contribution in [3.63, 3.8) is 0 Å². The van der Waals surface area contributed by atoms with E-state index in [0.29, 0.717) is 13.1 Å². The molecule has 0 aromatic heterocycles. The lowest BCUT2D eigenvalue weighted by molar-refractivity contribution is -0.936. The van der Waals surface area contributed by atoms with Crippen LogP contribution in [0.2, 0.25) is 0 Å². The Labute approximate surface area is 230 Å². The molecule has 0 bridgehead atoms. The summed E-state index contributed by atoms with van der Waals surface area (Å²) >= 11 is 0. The average Bonchev–Trinajstić information content (AvgIpc) is 2.88. The molecule has 2 aromatic rings. The first-order chi connectivity index (χ1) is 16.4. The maximum atomic E-state index is 12.3. The van der Waals surface area contributed by atoms with Gasteiger partial charge in [-0.2, -0.15) is 0 Å². The number of rotatable bonds is 14. The number of likely N-dealkylation sites (N-methyl/N-ethyl adjacent to an activating group) is 2. The van der Waals surface area contributed by atoms with Gasteiger partial charge in [0.05, 0.1) is 52.4 Å². The van der Waals surface area contributed by atoms with Crippen molar-refractivity contribution in [1.29, 1.82) is 0 Å². The second-order valence-electron chi connectivity index (χ2n) is 9.06. The Morgan fingerprint density at radius 3 is 1.17 bits per heavy atom. The second kappa shape index (κ2) is 17.4. The third-order valence-electron chi connectivity index (χ3n) is 7.25. The number of halogens is 2. The summed E-state index contributed by atoms with van der Waals surface area (Å²) < 4.78 is 1.66. The molecule has 0 fully saturated rings. The van der Waals surface area contributed by atoms with Gasteiger partial charge in [0.25, 0.3) is 0 Å². The summed E-state index contributed by atoms with van der Waals surface area (Å²) in [5, 5.41) is 24.7. The van der Waals surface area contributed by atoms with E-state index in [1.807, 2.05) is 36.4 Å². The van der Waals surface area contributed by atoms with E-state index in [1.54, 1.807) is 0 Å². The highest BCUT2D eigenvalue weighted by molar-refractivity contribution is 6.31. The van der Waals surface area contributed by atoms with Gasteiger partial charge in [-0.1, -0.05) is 60.7 Å². The first kappa shape index (κ1) is 33.9. The molecule has 0 N–H and O–H groups in total. The normalized spacial score (nSPS) is 12.6. The molecule has 0 atom stereocenters. The van der Waals surface area contributed by atoms with Crippen molar-refractivity contribution in [3.05, 3.63) is 71.8 Å². The third kappa shape index (κ3) is 10.5. The first-order valence-corrected chi connectivity index (χ1v) is 12.6. The van der Waals surface area contributed by atoms with E-state index in [4.69, 9.17) is 0 Å². The largest absolute Gasteiger partial charge is 0.858 e. The van der Waals surface area contributed by atoms with Gasteiger partial charge < -0.3 is 19.2 Å². The van der Waals surface area contributed by atoms with Crippen LogP contribution < -0.4 is 10.2 Å². The zero-order chi connectivity index (χ0) is 24.9. The topological polar surface area (TPSA) is 70.8 Å². The average molecular weight is 540 g/mol. The Morgan fingerprint density at radius 2 is 0.889 bits per heavy atom. The molecule has 0 heterocycles. The fourth-order valence-electron chi connectivity index (χ4n) is 4.49. The van der Waals surface area contributed by atoms with Gasteiger partial charge in [0.15, 0.2) is 0 Å². The molecule has 202 valence electrons. The van der Waals surface area contributed by atoms with Crippen molar-refractivity contribution in [2.24, 2.45) is 9.98 Å². The molecule has 0 aliphatic carbocycles. The monoisotopic (exact) mass is 538 g/mol. The van der Waals surface area contributed by atoms with E-state index in [0.717, 1.165) is 61.3 Å². The smallest absolute Gasteiger partial charge is 0.104 e. The van der Waals surface area contributed by atoms with Crippen molar-refractivity contribution in [1.82, 2.24) is 0 Å². The molecule has 2 rings (SSSR count). The second-order valence-corrected chi connectivity index (χ2v) is 9.06. The standard InChI is InChI=1S/C28H42N4O2.2ClH/c1-5-31(6-2,23-25-15-11-9-12-16-25)21-19-29-27(33)28(34)30-20-22-32(7-3,8-4)24-26-17-13-10-14-18-26;;/h9-18H,5-8,19-24H2,1-4H3;2*1H.